The summed E-state index contributed by atoms with van der Waals surface area (Å²) in [5.41, 5.74) is 0.927. The molecule has 0 aliphatic heterocycles. The summed E-state index contributed by atoms with van der Waals surface area (Å²) in [6, 6.07) is 7.85. The van der Waals surface area contributed by atoms with Crippen molar-refractivity contribution in [1.29, 1.82) is 0 Å². The predicted molar refractivity (Wildman–Crippen MR) is 101 cm³/mol. The van der Waals surface area contributed by atoms with Gasteiger partial charge < -0.3 is 25.2 Å². The number of hydrogen-bond donors (Lipinski definition) is 3. The highest BCUT2D eigenvalue weighted by Gasteiger charge is 2.24. The Hall–Kier alpha value is -1.79. The Morgan fingerprint density at radius 1 is 1.32 bits per heavy atom. The number of aliphatic imine (C=N–C) groups is 1. The number of nitrogens with one attached hydrogen (secondary N) is 2. The van der Waals surface area contributed by atoms with Crippen LogP contribution in [0.2, 0.25) is 0 Å². The third kappa shape index (κ3) is 6.92. The zero-order chi connectivity index (χ0) is 17.9. The van der Waals surface area contributed by atoms with E-state index < -0.39 is 0 Å². The molecule has 1 aliphatic carbocycles. The molecule has 2 rings (SSSR count). The third-order valence-corrected chi connectivity index (χ3v) is 4.31. The maximum Gasteiger partial charge on any atom is 0.195 e. The van der Waals surface area contributed by atoms with E-state index in [1.54, 1.807) is 7.11 Å². The highest BCUT2D eigenvalue weighted by molar-refractivity contribution is 5.93. The SMILES string of the molecule is CCNC(=NCC1CCCC1O)Nc1cccc(OCCCOC)c1. The maximum atomic E-state index is 9.94. The molecule has 0 heterocycles. The summed E-state index contributed by atoms with van der Waals surface area (Å²) in [6.45, 7) is 4.79. The summed E-state index contributed by atoms with van der Waals surface area (Å²) >= 11 is 0. The van der Waals surface area contributed by atoms with Crippen molar-refractivity contribution in [2.24, 2.45) is 10.9 Å². The molecule has 1 saturated carbocycles. The summed E-state index contributed by atoms with van der Waals surface area (Å²) in [7, 11) is 1.69. The largest absolute Gasteiger partial charge is 0.493 e. The molecule has 140 valence electrons. The van der Waals surface area contributed by atoms with E-state index in [9.17, 15) is 5.11 Å². The van der Waals surface area contributed by atoms with Crippen LogP contribution in [0.4, 0.5) is 5.69 Å². The van der Waals surface area contributed by atoms with Gasteiger partial charge in [-0.05, 0) is 31.9 Å². The van der Waals surface area contributed by atoms with E-state index in [-0.39, 0.29) is 12.0 Å². The van der Waals surface area contributed by atoms with Gasteiger partial charge in [0.25, 0.3) is 0 Å². The number of guanidine groups is 1. The van der Waals surface area contributed by atoms with Gasteiger partial charge in [-0.1, -0.05) is 12.5 Å². The van der Waals surface area contributed by atoms with E-state index in [1.807, 2.05) is 31.2 Å². The minimum absolute atomic E-state index is 0.213. The number of benzene rings is 1. The van der Waals surface area contributed by atoms with Crippen molar-refractivity contribution in [3.8, 4) is 5.75 Å². The molecule has 1 aromatic carbocycles. The summed E-state index contributed by atoms with van der Waals surface area (Å²) in [5.74, 6) is 1.83. The van der Waals surface area contributed by atoms with Crippen LogP contribution in [0.25, 0.3) is 0 Å². The summed E-state index contributed by atoms with van der Waals surface area (Å²) < 4.78 is 10.8. The lowest BCUT2D eigenvalue weighted by Crippen LogP contribution is -2.31. The molecule has 2 unspecified atom stereocenters. The molecule has 1 aliphatic rings. The van der Waals surface area contributed by atoms with Crippen molar-refractivity contribution in [1.82, 2.24) is 5.32 Å². The van der Waals surface area contributed by atoms with Crippen molar-refractivity contribution in [2.75, 3.05) is 38.7 Å². The standard InChI is InChI=1S/C19H31N3O3/c1-3-20-19(21-14-15-7-4-10-18(15)23)22-16-8-5-9-17(13-16)25-12-6-11-24-2/h5,8-9,13,15,18,23H,3-4,6-7,10-12,14H2,1-2H3,(H2,20,21,22). The summed E-state index contributed by atoms with van der Waals surface area (Å²) in [6.07, 6.45) is 3.69. The number of anilines is 1. The first kappa shape index (κ1) is 19.5. The molecular weight excluding hydrogens is 318 g/mol. The first-order chi connectivity index (χ1) is 12.2. The normalized spacial score (nSPS) is 20.5. The smallest absolute Gasteiger partial charge is 0.195 e. The first-order valence-electron chi connectivity index (χ1n) is 9.18. The summed E-state index contributed by atoms with van der Waals surface area (Å²) in [4.78, 5) is 4.63. The number of ether oxygens (including phenoxy) is 2. The maximum absolute atomic E-state index is 9.94. The molecule has 0 bridgehead atoms. The second kappa shape index (κ2) is 10.9. The van der Waals surface area contributed by atoms with E-state index in [4.69, 9.17) is 9.47 Å². The molecule has 2 atom stereocenters. The van der Waals surface area contributed by atoms with Crippen LogP contribution in [0.15, 0.2) is 29.3 Å². The van der Waals surface area contributed by atoms with Gasteiger partial charge in [-0.25, -0.2) is 0 Å². The number of hydrogen-bond acceptors (Lipinski definition) is 4. The van der Waals surface area contributed by atoms with Gasteiger partial charge >= 0.3 is 0 Å². The van der Waals surface area contributed by atoms with Crippen LogP contribution in [0, 0.1) is 5.92 Å². The lowest BCUT2D eigenvalue weighted by molar-refractivity contribution is 0.137. The number of methoxy groups -OCH3 is 1. The van der Waals surface area contributed by atoms with Crippen LogP contribution in [0.5, 0.6) is 5.75 Å². The fourth-order valence-electron chi connectivity index (χ4n) is 2.94. The second-order valence-electron chi connectivity index (χ2n) is 6.33. The van der Waals surface area contributed by atoms with Gasteiger partial charge in [0.15, 0.2) is 5.96 Å². The van der Waals surface area contributed by atoms with E-state index in [0.717, 1.165) is 49.6 Å². The van der Waals surface area contributed by atoms with E-state index in [0.29, 0.717) is 19.8 Å². The third-order valence-electron chi connectivity index (χ3n) is 4.31. The molecule has 1 aromatic rings. The van der Waals surface area contributed by atoms with Crippen LogP contribution in [-0.2, 0) is 4.74 Å². The van der Waals surface area contributed by atoms with E-state index in [1.165, 1.54) is 0 Å². The van der Waals surface area contributed by atoms with Gasteiger partial charge in [-0.3, -0.25) is 4.99 Å². The quantitative estimate of drug-likeness (QED) is 0.363. The number of nitrogens with zero attached hydrogens (tertiary/aromatic N) is 1. The van der Waals surface area contributed by atoms with Crippen molar-refractivity contribution in [3.63, 3.8) is 0 Å². The molecule has 0 radical (unpaired) electrons. The first-order valence-corrected chi connectivity index (χ1v) is 9.18. The number of aliphatic hydroxyl groups is 1. The monoisotopic (exact) mass is 349 g/mol. The fourth-order valence-corrected chi connectivity index (χ4v) is 2.94. The average Bonchev–Trinajstić information content (AvgIpc) is 3.02. The van der Waals surface area contributed by atoms with Crippen molar-refractivity contribution < 1.29 is 14.6 Å². The molecular formula is C19H31N3O3. The van der Waals surface area contributed by atoms with Crippen molar-refractivity contribution in [2.45, 2.75) is 38.7 Å². The molecule has 0 spiro atoms. The predicted octanol–water partition coefficient (Wildman–Crippen LogP) is 2.64. The molecule has 1 fully saturated rings. The van der Waals surface area contributed by atoms with Crippen molar-refractivity contribution in [3.05, 3.63) is 24.3 Å². The molecule has 6 heteroatoms. The zero-order valence-corrected chi connectivity index (χ0v) is 15.3. The van der Waals surface area contributed by atoms with E-state index in [2.05, 4.69) is 15.6 Å². The van der Waals surface area contributed by atoms with Gasteiger partial charge in [0.1, 0.15) is 5.75 Å². The Labute approximate surface area is 150 Å². The van der Waals surface area contributed by atoms with Crippen molar-refractivity contribution >= 4 is 11.6 Å². The Morgan fingerprint density at radius 3 is 2.92 bits per heavy atom. The lowest BCUT2D eigenvalue weighted by Gasteiger charge is -2.15. The van der Waals surface area contributed by atoms with Crippen LogP contribution >= 0.6 is 0 Å². The van der Waals surface area contributed by atoms with Crippen LogP contribution in [0.3, 0.4) is 0 Å². The van der Waals surface area contributed by atoms with E-state index >= 15 is 0 Å². The molecule has 0 amide bonds. The molecule has 3 N–H and O–H groups in total. The van der Waals surface area contributed by atoms with Gasteiger partial charge in [0, 0.05) is 50.9 Å². The lowest BCUT2D eigenvalue weighted by atomic mass is 10.1. The summed E-state index contributed by atoms with van der Waals surface area (Å²) in [5, 5.41) is 16.5. The highest BCUT2D eigenvalue weighted by Crippen LogP contribution is 2.25. The fraction of sp³-hybridized carbons (Fsp3) is 0.632. The minimum Gasteiger partial charge on any atom is -0.493 e. The van der Waals surface area contributed by atoms with Gasteiger partial charge in [0.05, 0.1) is 12.7 Å². The number of rotatable bonds is 9. The second-order valence-corrected chi connectivity index (χ2v) is 6.33. The molecule has 25 heavy (non-hydrogen) atoms. The molecule has 6 nitrogen and oxygen atoms in total. The van der Waals surface area contributed by atoms with Gasteiger partial charge in [0.2, 0.25) is 0 Å². The highest BCUT2D eigenvalue weighted by atomic mass is 16.5. The van der Waals surface area contributed by atoms with Gasteiger partial charge in [-0.2, -0.15) is 0 Å². The van der Waals surface area contributed by atoms with Gasteiger partial charge in [-0.15, -0.1) is 0 Å². The van der Waals surface area contributed by atoms with Crippen LogP contribution < -0.4 is 15.4 Å². The zero-order valence-electron chi connectivity index (χ0n) is 15.3. The Kier molecular flexibility index (Phi) is 8.55. The Bertz CT molecular complexity index is 536. The minimum atomic E-state index is -0.213. The Morgan fingerprint density at radius 2 is 2.20 bits per heavy atom. The Balaban J connectivity index is 1.91. The molecule has 0 saturated heterocycles. The average molecular weight is 349 g/mol. The molecule has 0 aromatic heterocycles. The van der Waals surface area contributed by atoms with Crippen LogP contribution in [-0.4, -0.2) is 50.6 Å². The topological polar surface area (TPSA) is 75.1 Å². The number of aliphatic hydroxyl groups excluding tert-OH is 1. The van der Waals surface area contributed by atoms with Crippen LogP contribution in [0.1, 0.15) is 32.6 Å².